The van der Waals surface area contributed by atoms with E-state index in [-0.39, 0.29) is 5.91 Å². The van der Waals surface area contributed by atoms with E-state index >= 15 is 0 Å². The molecule has 0 aliphatic rings. The molecule has 1 aromatic carbocycles. The van der Waals surface area contributed by atoms with Crippen LogP contribution in [0.25, 0.3) is 22.2 Å². The number of aryl methyl sites for hydroxylation is 2. The molecule has 26 heavy (non-hydrogen) atoms. The normalized spacial score (nSPS) is 11.8. The van der Waals surface area contributed by atoms with Crippen LogP contribution in [0.15, 0.2) is 24.4 Å². The summed E-state index contributed by atoms with van der Waals surface area (Å²) >= 11 is 6.41. The number of nitrogens with zero attached hydrogens (tertiary/aromatic N) is 3. The Labute approximate surface area is 158 Å². The Morgan fingerprint density at radius 3 is 2.46 bits per heavy atom. The summed E-state index contributed by atoms with van der Waals surface area (Å²) in [5.74, 6) is -0.0769. The van der Waals surface area contributed by atoms with E-state index in [1.165, 1.54) is 0 Å². The molecular weight excluding hydrogens is 348 g/mol. The van der Waals surface area contributed by atoms with Crippen LogP contribution in [0.2, 0.25) is 5.02 Å². The number of benzene rings is 1. The number of hydrogen-bond donors (Lipinski definition) is 1. The molecule has 0 saturated carbocycles. The fraction of sp³-hybridized carbons (Fsp3) is 0.350. The molecular formula is C20H23ClN4O. The molecule has 2 aromatic heterocycles. The summed E-state index contributed by atoms with van der Waals surface area (Å²) in [6, 6.07) is 5.73. The molecule has 1 N–H and O–H groups in total. The van der Waals surface area contributed by atoms with Crippen molar-refractivity contribution >= 4 is 34.1 Å². The highest BCUT2D eigenvalue weighted by atomic mass is 35.5. The van der Waals surface area contributed by atoms with Crippen LogP contribution in [0.5, 0.6) is 0 Å². The van der Waals surface area contributed by atoms with Crippen LogP contribution in [0.1, 0.15) is 32.0 Å². The zero-order valence-corrected chi connectivity index (χ0v) is 16.7. The van der Waals surface area contributed by atoms with E-state index in [9.17, 15) is 4.79 Å². The first-order valence-electron chi connectivity index (χ1n) is 8.49. The van der Waals surface area contributed by atoms with E-state index < -0.39 is 5.41 Å². The lowest BCUT2D eigenvalue weighted by atomic mass is 9.95. The number of fused-ring (bicyclic) bond motifs is 1. The molecule has 2 heterocycles. The summed E-state index contributed by atoms with van der Waals surface area (Å²) in [7, 11) is 1.91. The SMILES string of the molecule is Cc1cc(-c2cnn(C)c2C)nc2cc(Cl)c(NC(=O)C(C)(C)C)cc12. The van der Waals surface area contributed by atoms with Crippen molar-refractivity contribution < 1.29 is 4.79 Å². The molecule has 1 amide bonds. The number of amides is 1. The molecule has 0 radical (unpaired) electrons. The van der Waals surface area contributed by atoms with Crippen LogP contribution in [0.3, 0.4) is 0 Å². The first kappa shape index (κ1) is 18.4. The number of halogens is 1. The smallest absolute Gasteiger partial charge is 0.229 e. The highest BCUT2D eigenvalue weighted by Crippen LogP contribution is 2.33. The second kappa shape index (κ2) is 6.40. The lowest BCUT2D eigenvalue weighted by molar-refractivity contribution is -0.123. The van der Waals surface area contributed by atoms with Gasteiger partial charge in [0.05, 0.1) is 28.1 Å². The van der Waals surface area contributed by atoms with E-state index in [0.717, 1.165) is 33.4 Å². The van der Waals surface area contributed by atoms with Gasteiger partial charge in [-0.25, -0.2) is 4.98 Å². The van der Waals surface area contributed by atoms with Crippen LogP contribution in [-0.2, 0) is 11.8 Å². The molecule has 0 unspecified atom stereocenters. The van der Waals surface area contributed by atoms with Crippen molar-refractivity contribution in [2.24, 2.45) is 12.5 Å². The van der Waals surface area contributed by atoms with Crippen molar-refractivity contribution in [3.05, 3.63) is 40.7 Å². The number of nitrogens with one attached hydrogen (secondary N) is 1. The minimum absolute atomic E-state index is 0.0769. The van der Waals surface area contributed by atoms with Crippen LogP contribution in [0.4, 0.5) is 5.69 Å². The second-order valence-corrected chi connectivity index (χ2v) is 8.05. The van der Waals surface area contributed by atoms with E-state index in [1.54, 1.807) is 6.07 Å². The van der Waals surface area contributed by atoms with Gasteiger partial charge in [0, 0.05) is 29.1 Å². The second-order valence-electron chi connectivity index (χ2n) is 7.64. The van der Waals surface area contributed by atoms with Crippen molar-refractivity contribution in [1.29, 1.82) is 0 Å². The van der Waals surface area contributed by atoms with Gasteiger partial charge in [-0.3, -0.25) is 9.48 Å². The van der Waals surface area contributed by atoms with Crippen molar-refractivity contribution in [2.75, 3.05) is 5.32 Å². The maximum absolute atomic E-state index is 12.3. The fourth-order valence-electron chi connectivity index (χ4n) is 2.71. The predicted molar refractivity (Wildman–Crippen MR) is 107 cm³/mol. The summed E-state index contributed by atoms with van der Waals surface area (Å²) < 4.78 is 1.83. The number of anilines is 1. The standard InChI is InChI=1S/C20H23ClN4O/c1-11-7-16(14-10-22-25(6)12(14)2)23-17-9-15(21)18(8-13(11)17)24-19(26)20(3,4)5/h7-10H,1-6H3,(H,24,26). The lowest BCUT2D eigenvalue weighted by Gasteiger charge is -2.19. The lowest BCUT2D eigenvalue weighted by Crippen LogP contribution is -2.27. The molecule has 3 aromatic rings. The number of carbonyl (C=O) groups excluding carboxylic acids is 1. The molecule has 3 rings (SSSR count). The largest absolute Gasteiger partial charge is 0.324 e. The first-order chi connectivity index (χ1) is 12.1. The number of rotatable bonds is 2. The van der Waals surface area contributed by atoms with Gasteiger partial charge in [0.25, 0.3) is 0 Å². The maximum atomic E-state index is 12.3. The zero-order valence-electron chi connectivity index (χ0n) is 15.9. The van der Waals surface area contributed by atoms with Crippen LogP contribution >= 0.6 is 11.6 Å². The Kier molecular flexibility index (Phi) is 4.53. The Morgan fingerprint density at radius 1 is 1.19 bits per heavy atom. The highest BCUT2D eigenvalue weighted by molar-refractivity contribution is 6.34. The van der Waals surface area contributed by atoms with E-state index in [0.29, 0.717) is 10.7 Å². The minimum atomic E-state index is -0.493. The number of carbonyl (C=O) groups is 1. The van der Waals surface area contributed by atoms with Crippen molar-refractivity contribution in [2.45, 2.75) is 34.6 Å². The predicted octanol–water partition coefficient (Wildman–Crippen LogP) is 4.89. The Balaban J connectivity index is 2.09. The van der Waals surface area contributed by atoms with Gasteiger partial charge < -0.3 is 5.32 Å². The van der Waals surface area contributed by atoms with Gasteiger partial charge in [0.2, 0.25) is 5.91 Å². The molecule has 5 nitrogen and oxygen atoms in total. The monoisotopic (exact) mass is 370 g/mol. The van der Waals surface area contributed by atoms with Crippen molar-refractivity contribution in [1.82, 2.24) is 14.8 Å². The molecule has 136 valence electrons. The van der Waals surface area contributed by atoms with Gasteiger partial charge in [-0.05, 0) is 37.6 Å². The molecule has 6 heteroatoms. The number of aromatic nitrogens is 3. The van der Waals surface area contributed by atoms with Gasteiger partial charge in [0.15, 0.2) is 0 Å². The molecule has 0 bridgehead atoms. The zero-order chi connectivity index (χ0) is 19.2. The van der Waals surface area contributed by atoms with Crippen LogP contribution in [0, 0.1) is 19.3 Å². The highest BCUT2D eigenvalue weighted by Gasteiger charge is 2.22. The maximum Gasteiger partial charge on any atom is 0.229 e. The molecule has 0 aliphatic heterocycles. The molecule has 0 saturated heterocycles. The average Bonchev–Trinajstić information content (AvgIpc) is 2.87. The Morgan fingerprint density at radius 2 is 1.88 bits per heavy atom. The average molecular weight is 371 g/mol. The minimum Gasteiger partial charge on any atom is -0.324 e. The third-order valence-electron chi connectivity index (χ3n) is 4.54. The summed E-state index contributed by atoms with van der Waals surface area (Å²) in [6.45, 7) is 9.65. The van der Waals surface area contributed by atoms with Gasteiger partial charge in [-0.15, -0.1) is 0 Å². The summed E-state index contributed by atoms with van der Waals surface area (Å²) in [5, 5.41) is 8.65. The number of hydrogen-bond acceptors (Lipinski definition) is 3. The molecule has 0 spiro atoms. The topological polar surface area (TPSA) is 59.8 Å². The van der Waals surface area contributed by atoms with Gasteiger partial charge in [-0.2, -0.15) is 5.10 Å². The summed E-state index contributed by atoms with van der Waals surface area (Å²) in [4.78, 5) is 17.1. The van der Waals surface area contributed by atoms with Gasteiger partial charge in [0.1, 0.15) is 0 Å². The van der Waals surface area contributed by atoms with Crippen LogP contribution in [-0.4, -0.2) is 20.7 Å². The Hall–Kier alpha value is -2.40. The van der Waals surface area contributed by atoms with Crippen molar-refractivity contribution in [3.8, 4) is 11.3 Å². The summed E-state index contributed by atoms with van der Waals surface area (Å²) in [5.41, 5.74) is 4.89. The van der Waals surface area contributed by atoms with E-state index in [4.69, 9.17) is 16.6 Å². The summed E-state index contributed by atoms with van der Waals surface area (Å²) in [6.07, 6.45) is 1.82. The molecule has 0 fully saturated rings. The Bertz CT molecular complexity index is 1010. The van der Waals surface area contributed by atoms with Gasteiger partial charge >= 0.3 is 0 Å². The third-order valence-corrected chi connectivity index (χ3v) is 4.86. The van der Waals surface area contributed by atoms with E-state index in [2.05, 4.69) is 10.4 Å². The fourth-order valence-corrected chi connectivity index (χ4v) is 2.91. The van der Waals surface area contributed by atoms with Crippen molar-refractivity contribution in [3.63, 3.8) is 0 Å². The van der Waals surface area contributed by atoms with Crippen LogP contribution < -0.4 is 5.32 Å². The molecule has 0 aliphatic carbocycles. The first-order valence-corrected chi connectivity index (χ1v) is 8.87. The van der Waals surface area contributed by atoms with Gasteiger partial charge in [-0.1, -0.05) is 32.4 Å². The quantitative estimate of drug-likeness (QED) is 0.698. The van der Waals surface area contributed by atoms with E-state index in [1.807, 2.05) is 64.7 Å². The number of pyridine rings is 1. The third kappa shape index (κ3) is 3.31. The molecule has 0 atom stereocenters.